The highest BCUT2D eigenvalue weighted by Crippen LogP contribution is 2.62. The van der Waals surface area contributed by atoms with Crippen LogP contribution in [-0.2, 0) is 5.41 Å². The van der Waals surface area contributed by atoms with Crippen LogP contribution in [0.25, 0.3) is 11.1 Å². The third-order valence-corrected chi connectivity index (χ3v) is 6.21. The van der Waals surface area contributed by atoms with E-state index >= 15 is 0 Å². The van der Waals surface area contributed by atoms with Crippen LogP contribution in [0, 0.1) is 0 Å². The first-order valence-electron chi connectivity index (χ1n) is 9.11. The minimum absolute atomic E-state index is 0.379. The van der Waals surface area contributed by atoms with E-state index in [0.29, 0.717) is 0 Å². The summed E-state index contributed by atoms with van der Waals surface area (Å²) in [6.45, 7) is 0. The number of fused-ring (bicyclic) bond motifs is 9. The van der Waals surface area contributed by atoms with Crippen molar-refractivity contribution in [2.75, 3.05) is 0 Å². The highest BCUT2D eigenvalue weighted by Gasteiger charge is 2.51. The Kier molecular flexibility index (Phi) is 2.95. The van der Waals surface area contributed by atoms with E-state index in [1.165, 1.54) is 27.8 Å². The monoisotopic (exact) mass is 364 g/mol. The summed E-state index contributed by atoms with van der Waals surface area (Å²) in [5, 5.41) is 0. The van der Waals surface area contributed by atoms with Gasteiger partial charge in [-0.2, -0.15) is 0 Å². The van der Waals surface area contributed by atoms with E-state index in [0.717, 1.165) is 22.0 Å². The Balaban J connectivity index is 1.87. The first kappa shape index (κ1) is 15.1. The SMILES string of the molecule is Sc1cccc2c1Oc1ccccc1C21c2ccccc2-c2ccccc21. The molecule has 2 heteroatoms. The van der Waals surface area contributed by atoms with Crippen LogP contribution in [0.15, 0.2) is 95.9 Å². The van der Waals surface area contributed by atoms with Crippen molar-refractivity contribution in [1.29, 1.82) is 0 Å². The van der Waals surface area contributed by atoms with Crippen molar-refractivity contribution >= 4 is 12.6 Å². The van der Waals surface area contributed by atoms with Crippen LogP contribution in [-0.4, -0.2) is 0 Å². The van der Waals surface area contributed by atoms with Crippen LogP contribution in [0.5, 0.6) is 11.5 Å². The standard InChI is InChI=1S/C25H16OS/c27-23-15-7-13-21-24(23)26-22-14-6-5-12-20(22)25(21)18-10-3-1-8-16(18)17-9-2-4-11-19(17)25/h1-15,27H. The van der Waals surface area contributed by atoms with E-state index in [2.05, 4.69) is 78.9 Å². The van der Waals surface area contributed by atoms with E-state index < -0.39 is 0 Å². The van der Waals surface area contributed by atoms with Gasteiger partial charge in [0, 0.05) is 16.0 Å². The normalized spacial score (nSPS) is 14.7. The summed E-state index contributed by atoms with van der Waals surface area (Å²) < 4.78 is 6.35. The predicted octanol–water partition coefficient (Wildman–Crippen LogP) is 6.44. The van der Waals surface area contributed by atoms with Crippen LogP contribution in [0.2, 0.25) is 0 Å². The molecular weight excluding hydrogens is 348 g/mol. The van der Waals surface area contributed by atoms with Crippen molar-refractivity contribution in [2.24, 2.45) is 0 Å². The summed E-state index contributed by atoms with van der Waals surface area (Å²) in [4.78, 5) is 0.864. The predicted molar refractivity (Wildman–Crippen MR) is 111 cm³/mol. The zero-order valence-electron chi connectivity index (χ0n) is 14.5. The Morgan fingerprint density at radius 3 is 1.81 bits per heavy atom. The molecule has 1 aliphatic carbocycles. The molecule has 0 amide bonds. The van der Waals surface area contributed by atoms with Crippen molar-refractivity contribution in [3.63, 3.8) is 0 Å². The molecule has 6 rings (SSSR count). The maximum Gasteiger partial charge on any atom is 0.145 e. The van der Waals surface area contributed by atoms with Gasteiger partial charge >= 0.3 is 0 Å². The summed E-state index contributed by atoms with van der Waals surface area (Å²) >= 11 is 4.72. The molecule has 0 radical (unpaired) electrons. The quantitative estimate of drug-likeness (QED) is 0.305. The molecule has 1 spiro atoms. The van der Waals surface area contributed by atoms with Gasteiger partial charge in [0.1, 0.15) is 11.5 Å². The molecule has 0 N–H and O–H groups in total. The Hall–Kier alpha value is -2.97. The number of thiol groups is 1. The van der Waals surface area contributed by atoms with Crippen LogP contribution in [0.4, 0.5) is 0 Å². The van der Waals surface area contributed by atoms with Gasteiger partial charge in [0.15, 0.2) is 0 Å². The molecule has 1 heterocycles. The van der Waals surface area contributed by atoms with E-state index in [4.69, 9.17) is 17.4 Å². The fraction of sp³-hybridized carbons (Fsp3) is 0.0400. The molecule has 4 aromatic rings. The van der Waals surface area contributed by atoms with Crippen molar-refractivity contribution in [3.8, 4) is 22.6 Å². The van der Waals surface area contributed by atoms with Gasteiger partial charge < -0.3 is 4.74 Å². The van der Waals surface area contributed by atoms with Crippen molar-refractivity contribution in [2.45, 2.75) is 10.3 Å². The Bertz CT molecular complexity index is 1180. The van der Waals surface area contributed by atoms with E-state index in [9.17, 15) is 0 Å². The molecule has 128 valence electrons. The Morgan fingerprint density at radius 1 is 0.556 bits per heavy atom. The molecule has 2 aliphatic rings. The van der Waals surface area contributed by atoms with Gasteiger partial charge in [0.2, 0.25) is 0 Å². The summed E-state index contributed by atoms with van der Waals surface area (Å²) in [7, 11) is 0. The molecule has 0 saturated carbocycles. The highest BCUT2D eigenvalue weighted by molar-refractivity contribution is 7.80. The molecule has 0 unspecified atom stereocenters. The molecule has 0 fully saturated rings. The number of rotatable bonds is 0. The second kappa shape index (κ2) is 5.28. The van der Waals surface area contributed by atoms with Gasteiger partial charge in [-0.15, -0.1) is 12.6 Å². The largest absolute Gasteiger partial charge is 0.456 e. The molecule has 4 aromatic carbocycles. The van der Waals surface area contributed by atoms with Crippen LogP contribution in [0.3, 0.4) is 0 Å². The molecule has 27 heavy (non-hydrogen) atoms. The van der Waals surface area contributed by atoms with Crippen molar-refractivity contribution in [1.82, 2.24) is 0 Å². The van der Waals surface area contributed by atoms with Crippen molar-refractivity contribution < 1.29 is 4.74 Å². The number of ether oxygens (including phenoxy) is 1. The number of para-hydroxylation sites is 2. The maximum absolute atomic E-state index is 6.35. The minimum Gasteiger partial charge on any atom is -0.456 e. The maximum atomic E-state index is 6.35. The van der Waals surface area contributed by atoms with Gasteiger partial charge in [0.25, 0.3) is 0 Å². The summed E-state index contributed by atoms with van der Waals surface area (Å²) in [5.74, 6) is 1.75. The number of hydrogen-bond acceptors (Lipinski definition) is 2. The minimum atomic E-state index is -0.379. The zero-order valence-corrected chi connectivity index (χ0v) is 15.4. The van der Waals surface area contributed by atoms with Crippen LogP contribution in [0.1, 0.15) is 22.3 Å². The number of benzene rings is 4. The molecule has 1 nitrogen and oxygen atoms in total. The van der Waals surface area contributed by atoms with Crippen molar-refractivity contribution in [3.05, 3.63) is 113 Å². The van der Waals surface area contributed by atoms with E-state index in [1.807, 2.05) is 12.1 Å². The lowest BCUT2D eigenvalue weighted by atomic mass is 9.66. The van der Waals surface area contributed by atoms with Gasteiger partial charge in [-0.05, 0) is 34.4 Å². The molecular formula is C25H16OS. The molecule has 0 bridgehead atoms. The first-order valence-corrected chi connectivity index (χ1v) is 9.56. The van der Waals surface area contributed by atoms with Gasteiger partial charge in [-0.3, -0.25) is 0 Å². The third kappa shape index (κ3) is 1.76. The molecule has 0 atom stereocenters. The van der Waals surface area contributed by atoms with Gasteiger partial charge in [0.05, 0.1) is 5.41 Å². The second-order valence-electron chi connectivity index (χ2n) is 7.09. The first-order chi connectivity index (χ1) is 13.3. The average Bonchev–Trinajstić information content (AvgIpc) is 3.01. The lowest BCUT2D eigenvalue weighted by Crippen LogP contribution is -2.32. The van der Waals surface area contributed by atoms with E-state index in [-0.39, 0.29) is 5.41 Å². The smallest absolute Gasteiger partial charge is 0.145 e. The third-order valence-electron chi connectivity index (χ3n) is 5.85. The van der Waals surface area contributed by atoms with Gasteiger partial charge in [-0.25, -0.2) is 0 Å². The fourth-order valence-corrected chi connectivity index (χ4v) is 5.12. The topological polar surface area (TPSA) is 9.23 Å². The Morgan fingerprint density at radius 2 is 1.11 bits per heavy atom. The van der Waals surface area contributed by atoms with E-state index in [1.54, 1.807) is 0 Å². The second-order valence-corrected chi connectivity index (χ2v) is 7.58. The molecule has 0 saturated heterocycles. The summed E-state index contributed by atoms with van der Waals surface area (Å²) in [5.41, 5.74) is 7.17. The lowest BCUT2D eigenvalue weighted by Gasteiger charge is -2.39. The summed E-state index contributed by atoms with van der Waals surface area (Å²) in [6, 6.07) is 32.1. The Labute approximate surface area is 163 Å². The average molecular weight is 364 g/mol. The fourth-order valence-electron chi connectivity index (χ4n) is 4.86. The number of hydrogen-bond donors (Lipinski definition) is 1. The zero-order chi connectivity index (χ0) is 18.0. The summed E-state index contributed by atoms with van der Waals surface area (Å²) in [6.07, 6.45) is 0. The highest BCUT2D eigenvalue weighted by atomic mass is 32.1. The van der Waals surface area contributed by atoms with Gasteiger partial charge in [-0.1, -0.05) is 78.9 Å². The van der Waals surface area contributed by atoms with Crippen LogP contribution < -0.4 is 4.74 Å². The molecule has 0 aromatic heterocycles. The molecule has 1 aliphatic heterocycles. The lowest BCUT2D eigenvalue weighted by molar-refractivity contribution is 0.426. The van der Waals surface area contributed by atoms with Crippen LogP contribution >= 0.6 is 12.6 Å².